The summed E-state index contributed by atoms with van der Waals surface area (Å²) in [4.78, 5) is 14.5. The fraction of sp³-hybridized carbons (Fsp3) is 0.588. The number of amides is 1. The van der Waals surface area contributed by atoms with Gasteiger partial charge in [0.2, 0.25) is 0 Å². The molecular formula is C17H22F3N3O. The van der Waals surface area contributed by atoms with Gasteiger partial charge < -0.3 is 15.5 Å². The number of nitrogens with one attached hydrogen (secondary N) is 2. The molecule has 2 atom stereocenters. The minimum absolute atomic E-state index is 0.0547. The number of carbonyl (C=O) groups excluding carboxylic acids is 1. The molecule has 1 unspecified atom stereocenters. The van der Waals surface area contributed by atoms with Crippen LogP contribution >= 0.6 is 0 Å². The molecule has 0 saturated heterocycles. The minimum Gasteiger partial charge on any atom is -0.358 e. The van der Waals surface area contributed by atoms with Crippen molar-refractivity contribution in [2.75, 3.05) is 0 Å². The molecule has 0 bridgehead atoms. The van der Waals surface area contributed by atoms with E-state index in [1.54, 1.807) is 12.2 Å². The highest BCUT2D eigenvalue weighted by molar-refractivity contribution is 5.95. The Bertz CT molecular complexity index is 610. The lowest BCUT2D eigenvalue weighted by atomic mass is 9.86. The molecule has 1 amide bonds. The third kappa shape index (κ3) is 3.16. The van der Waals surface area contributed by atoms with Crippen LogP contribution in [0.1, 0.15) is 33.6 Å². The topological polar surface area (TPSA) is 44.4 Å². The summed E-state index contributed by atoms with van der Waals surface area (Å²) < 4.78 is 40.0. The van der Waals surface area contributed by atoms with Gasteiger partial charge in [-0.15, -0.1) is 0 Å². The zero-order valence-electron chi connectivity index (χ0n) is 13.9. The molecular weight excluding hydrogens is 319 g/mol. The van der Waals surface area contributed by atoms with Crippen molar-refractivity contribution in [1.82, 2.24) is 15.5 Å². The summed E-state index contributed by atoms with van der Waals surface area (Å²) in [6.07, 6.45) is 4.80. The molecule has 0 radical (unpaired) electrons. The maximum Gasteiger partial charge on any atom is 0.409 e. The number of alkyl halides is 3. The van der Waals surface area contributed by atoms with Crippen molar-refractivity contribution < 1.29 is 18.0 Å². The Morgan fingerprint density at radius 2 is 1.96 bits per heavy atom. The highest BCUT2D eigenvalue weighted by Crippen LogP contribution is 2.40. The number of hydrogen-bond acceptors (Lipinski definition) is 3. The van der Waals surface area contributed by atoms with Gasteiger partial charge in [-0.2, -0.15) is 13.2 Å². The predicted octanol–water partition coefficient (Wildman–Crippen LogP) is 3.02. The second-order valence-corrected chi connectivity index (χ2v) is 7.61. The van der Waals surface area contributed by atoms with Crippen LogP contribution in [0, 0.1) is 11.3 Å². The first-order valence-electron chi connectivity index (χ1n) is 8.10. The monoisotopic (exact) mass is 341 g/mol. The van der Waals surface area contributed by atoms with E-state index < -0.39 is 23.5 Å². The third-order valence-electron chi connectivity index (χ3n) is 4.50. The Morgan fingerprint density at radius 1 is 1.29 bits per heavy atom. The van der Waals surface area contributed by atoms with Gasteiger partial charge in [-0.25, -0.2) is 0 Å². The Morgan fingerprint density at radius 3 is 2.50 bits per heavy atom. The second-order valence-electron chi connectivity index (χ2n) is 7.61. The molecule has 1 saturated carbocycles. The largest absolute Gasteiger partial charge is 0.409 e. The predicted molar refractivity (Wildman–Crippen MR) is 84.2 cm³/mol. The maximum atomic E-state index is 13.3. The fourth-order valence-corrected chi connectivity index (χ4v) is 3.13. The summed E-state index contributed by atoms with van der Waals surface area (Å²) in [5, 5.41) is 5.31. The van der Waals surface area contributed by atoms with Gasteiger partial charge in [-0.1, -0.05) is 26.8 Å². The number of carbonyl (C=O) groups is 1. The van der Waals surface area contributed by atoms with Gasteiger partial charge in [0.15, 0.2) is 0 Å². The minimum atomic E-state index is -4.50. The van der Waals surface area contributed by atoms with Crippen molar-refractivity contribution in [3.8, 4) is 0 Å². The molecule has 24 heavy (non-hydrogen) atoms. The summed E-state index contributed by atoms with van der Waals surface area (Å²) >= 11 is 0. The van der Waals surface area contributed by atoms with Gasteiger partial charge in [0.05, 0.1) is 5.70 Å². The molecule has 3 aliphatic rings. The van der Waals surface area contributed by atoms with Crippen LogP contribution in [0.15, 0.2) is 35.8 Å². The zero-order chi connectivity index (χ0) is 17.7. The summed E-state index contributed by atoms with van der Waals surface area (Å²) in [5.74, 6) is -0.294. The molecule has 3 rings (SSSR count). The molecule has 0 aromatic rings. The van der Waals surface area contributed by atoms with Crippen molar-refractivity contribution in [2.45, 2.75) is 52.0 Å². The van der Waals surface area contributed by atoms with Gasteiger partial charge in [0, 0.05) is 6.20 Å². The molecule has 1 aliphatic carbocycles. The van der Waals surface area contributed by atoms with Crippen LogP contribution in [-0.2, 0) is 4.79 Å². The molecule has 2 N–H and O–H groups in total. The Labute approximate surface area is 139 Å². The van der Waals surface area contributed by atoms with E-state index in [0.29, 0.717) is 11.6 Å². The molecule has 2 heterocycles. The standard InChI is InChI=1S/C17H22F3N3O/c1-16(2,3)15(17(18,19)20)22-14(24)12-11-6-4-5-9-23(11)13(21-12)10-7-8-10/h4-6,9-10,13,15,21H,7-8H2,1-3H3,(H,22,24)/t13?,15-/m0/s1. The molecule has 0 aromatic heterocycles. The van der Waals surface area contributed by atoms with Crippen LogP contribution in [0.2, 0.25) is 0 Å². The van der Waals surface area contributed by atoms with E-state index >= 15 is 0 Å². The number of allylic oxidation sites excluding steroid dienone is 3. The van der Waals surface area contributed by atoms with Gasteiger partial charge in [-0.05, 0) is 36.3 Å². The number of fused-ring (bicyclic) bond motifs is 1. The highest BCUT2D eigenvalue weighted by Gasteiger charge is 2.49. The first kappa shape index (κ1) is 16.9. The average Bonchev–Trinajstić information content (AvgIpc) is 3.23. The summed E-state index contributed by atoms with van der Waals surface area (Å²) in [6, 6.07) is -1.91. The van der Waals surface area contributed by atoms with E-state index in [9.17, 15) is 18.0 Å². The molecule has 0 aromatic carbocycles. The van der Waals surface area contributed by atoms with E-state index in [4.69, 9.17) is 0 Å². The van der Waals surface area contributed by atoms with Crippen molar-refractivity contribution in [3.05, 3.63) is 35.8 Å². The van der Waals surface area contributed by atoms with E-state index in [0.717, 1.165) is 12.8 Å². The molecule has 0 spiro atoms. The van der Waals surface area contributed by atoms with Crippen molar-refractivity contribution in [2.24, 2.45) is 11.3 Å². The van der Waals surface area contributed by atoms with Crippen molar-refractivity contribution in [1.29, 1.82) is 0 Å². The van der Waals surface area contributed by atoms with Gasteiger partial charge in [0.1, 0.15) is 17.9 Å². The highest BCUT2D eigenvalue weighted by atomic mass is 19.4. The van der Waals surface area contributed by atoms with E-state index in [2.05, 4.69) is 10.6 Å². The molecule has 132 valence electrons. The number of rotatable bonds is 3. The van der Waals surface area contributed by atoms with E-state index in [-0.39, 0.29) is 11.9 Å². The molecule has 7 heteroatoms. The summed E-state index contributed by atoms with van der Waals surface area (Å²) in [5.41, 5.74) is -0.289. The smallest absolute Gasteiger partial charge is 0.358 e. The summed E-state index contributed by atoms with van der Waals surface area (Å²) in [7, 11) is 0. The number of nitrogens with zero attached hydrogens (tertiary/aromatic N) is 1. The SMILES string of the molecule is CC(C)(C)[C@H](NC(=O)C1=C2C=CC=CN2C(C2CC2)N1)C(F)(F)F. The average molecular weight is 341 g/mol. The lowest BCUT2D eigenvalue weighted by Crippen LogP contribution is -2.54. The fourth-order valence-electron chi connectivity index (χ4n) is 3.13. The van der Waals surface area contributed by atoms with Crippen LogP contribution in [0.3, 0.4) is 0 Å². The van der Waals surface area contributed by atoms with E-state index in [1.165, 1.54) is 20.8 Å². The number of halogens is 3. The van der Waals surface area contributed by atoms with Crippen LogP contribution in [0.5, 0.6) is 0 Å². The Kier molecular flexibility index (Phi) is 3.92. The van der Waals surface area contributed by atoms with Crippen LogP contribution in [0.25, 0.3) is 0 Å². The molecule has 4 nitrogen and oxygen atoms in total. The lowest BCUT2D eigenvalue weighted by molar-refractivity contribution is -0.180. The Balaban J connectivity index is 1.83. The van der Waals surface area contributed by atoms with Crippen molar-refractivity contribution >= 4 is 5.91 Å². The lowest BCUT2D eigenvalue weighted by Gasteiger charge is -2.33. The van der Waals surface area contributed by atoms with Crippen LogP contribution in [0.4, 0.5) is 13.2 Å². The maximum absolute atomic E-state index is 13.3. The van der Waals surface area contributed by atoms with E-state index in [1.807, 2.05) is 17.2 Å². The van der Waals surface area contributed by atoms with Crippen LogP contribution < -0.4 is 10.6 Å². The third-order valence-corrected chi connectivity index (χ3v) is 4.50. The first-order valence-corrected chi connectivity index (χ1v) is 8.10. The second kappa shape index (κ2) is 5.57. The van der Waals surface area contributed by atoms with Gasteiger partial charge in [-0.3, -0.25) is 4.79 Å². The van der Waals surface area contributed by atoms with Gasteiger partial charge in [0.25, 0.3) is 5.91 Å². The quantitative estimate of drug-likeness (QED) is 0.829. The zero-order valence-corrected chi connectivity index (χ0v) is 13.9. The molecule has 1 fully saturated rings. The Hall–Kier alpha value is -1.92. The molecule has 2 aliphatic heterocycles. The first-order chi connectivity index (χ1) is 11.1. The van der Waals surface area contributed by atoms with Gasteiger partial charge >= 0.3 is 6.18 Å². The summed E-state index contributed by atoms with van der Waals surface area (Å²) in [6.45, 7) is 4.40. The van der Waals surface area contributed by atoms with Crippen molar-refractivity contribution in [3.63, 3.8) is 0 Å². The number of hydrogen-bond donors (Lipinski definition) is 2. The van der Waals surface area contributed by atoms with Crippen LogP contribution in [-0.4, -0.2) is 29.2 Å². The normalized spacial score (nSPS) is 24.8.